The summed E-state index contributed by atoms with van der Waals surface area (Å²) >= 11 is 5.96. The lowest BCUT2D eigenvalue weighted by Crippen LogP contribution is -2.44. The molecule has 0 fully saturated rings. The summed E-state index contributed by atoms with van der Waals surface area (Å²) in [5.41, 5.74) is 5.52. The van der Waals surface area contributed by atoms with E-state index >= 15 is 0 Å². The van der Waals surface area contributed by atoms with Crippen molar-refractivity contribution in [2.75, 3.05) is 12.8 Å². The molecular weight excluding hydrogens is 272 g/mol. The van der Waals surface area contributed by atoms with E-state index < -0.39 is 15.6 Å². The average molecular weight is 291 g/mol. The van der Waals surface area contributed by atoms with Gasteiger partial charge in [0.15, 0.2) is 0 Å². The van der Waals surface area contributed by atoms with Crippen LogP contribution in [-0.2, 0) is 10.0 Å². The first-order valence-electron chi connectivity index (χ1n) is 5.67. The van der Waals surface area contributed by atoms with Gasteiger partial charge in [0.25, 0.3) is 0 Å². The molecule has 6 heteroatoms. The van der Waals surface area contributed by atoms with Crippen molar-refractivity contribution in [2.45, 2.75) is 37.6 Å². The molecule has 102 valence electrons. The fourth-order valence-corrected chi connectivity index (χ4v) is 3.50. The van der Waals surface area contributed by atoms with E-state index in [1.165, 1.54) is 16.4 Å². The zero-order valence-electron chi connectivity index (χ0n) is 11.1. The zero-order valence-corrected chi connectivity index (χ0v) is 12.6. The zero-order chi connectivity index (χ0) is 14.1. The molecule has 0 radical (unpaired) electrons. The second-order valence-electron chi connectivity index (χ2n) is 4.83. The number of rotatable bonds is 4. The van der Waals surface area contributed by atoms with Crippen molar-refractivity contribution in [1.82, 2.24) is 4.31 Å². The molecule has 0 atom stereocenters. The number of nitrogens with zero attached hydrogens (tertiary/aromatic N) is 1. The summed E-state index contributed by atoms with van der Waals surface area (Å²) in [5.74, 6) is 0. The Morgan fingerprint density at radius 3 is 2.44 bits per heavy atom. The predicted octanol–water partition coefficient (Wildman–Crippen LogP) is 2.73. The molecule has 1 aromatic rings. The Balaban J connectivity index is 3.34. The predicted molar refractivity (Wildman–Crippen MR) is 75.2 cm³/mol. The largest absolute Gasteiger partial charge is 0.399 e. The number of sulfonamides is 1. The van der Waals surface area contributed by atoms with E-state index in [-0.39, 0.29) is 9.92 Å². The van der Waals surface area contributed by atoms with Gasteiger partial charge in [-0.05, 0) is 38.5 Å². The molecule has 2 N–H and O–H groups in total. The minimum atomic E-state index is -3.64. The molecule has 0 amide bonds. The van der Waals surface area contributed by atoms with Gasteiger partial charge < -0.3 is 5.73 Å². The van der Waals surface area contributed by atoms with E-state index in [0.717, 1.165) is 0 Å². The van der Waals surface area contributed by atoms with Crippen LogP contribution >= 0.6 is 11.6 Å². The Bertz CT molecular complexity index is 541. The van der Waals surface area contributed by atoms with Crippen LogP contribution in [0.4, 0.5) is 5.69 Å². The van der Waals surface area contributed by atoms with Gasteiger partial charge in [0, 0.05) is 18.3 Å². The summed E-state index contributed by atoms with van der Waals surface area (Å²) in [4.78, 5) is 0.0493. The third-order valence-electron chi connectivity index (χ3n) is 3.31. The lowest BCUT2D eigenvalue weighted by Gasteiger charge is -2.33. The van der Waals surface area contributed by atoms with Crippen LogP contribution in [-0.4, -0.2) is 25.3 Å². The monoisotopic (exact) mass is 290 g/mol. The number of hydrogen-bond acceptors (Lipinski definition) is 3. The van der Waals surface area contributed by atoms with Crippen LogP contribution in [0.15, 0.2) is 23.1 Å². The molecule has 0 saturated heterocycles. The minimum Gasteiger partial charge on any atom is -0.399 e. The van der Waals surface area contributed by atoms with Gasteiger partial charge >= 0.3 is 0 Å². The highest BCUT2D eigenvalue weighted by molar-refractivity contribution is 7.89. The van der Waals surface area contributed by atoms with Crippen LogP contribution in [0, 0.1) is 0 Å². The first kappa shape index (κ1) is 15.3. The number of hydrogen-bond donors (Lipinski definition) is 1. The van der Waals surface area contributed by atoms with Gasteiger partial charge in [-0.15, -0.1) is 0 Å². The van der Waals surface area contributed by atoms with Crippen LogP contribution < -0.4 is 5.73 Å². The third kappa shape index (κ3) is 2.79. The first-order valence-corrected chi connectivity index (χ1v) is 7.49. The molecule has 0 aromatic heterocycles. The van der Waals surface area contributed by atoms with Gasteiger partial charge in [0.2, 0.25) is 10.0 Å². The quantitative estimate of drug-likeness (QED) is 0.867. The third-order valence-corrected chi connectivity index (χ3v) is 5.86. The summed E-state index contributed by atoms with van der Waals surface area (Å²) in [7, 11) is -2.09. The molecule has 0 saturated carbocycles. The molecular formula is C12H19ClN2O2S. The van der Waals surface area contributed by atoms with Gasteiger partial charge in [0.1, 0.15) is 4.90 Å². The van der Waals surface area contributed by atoms with Crippen molar-refractivity contribution in [2.24, 2.45) is 0 Å². The van der Waals surface area contributed by atoms with Gasteiger partial charge in [-0.3, -0.25) is 0 Å². The first-order chi connectivity index (χ1) is 8.13. The normalized spacial score (nSPS) is 13.0. The minimum absolute atomic E-state index is 0.0493. The van der Waals surface area contributed by atoms with Gasteiger partial charge in [-0.2, -0.15) is 4.31 Å². The molecule has 18 heavy (non-hydrogen) atoms. The molecule has 0 bridgehead atoms. The summed E-state index contributed by atoms with van der Waals surface area (Å²) in [6, 6.07) is 4.46. The second-order valence-corrected chi connectivity index (χ2v) is 7.17. The maximum Gasteiger partial charge on any atom is 0.244 e. The van der Waals surface area contributed by atoms with Gasteiger partial charge in [-0.25, -0.2) is 8.42 Å². The van der Waals surface area contributed by atoms with E-state index in [1.807, 2.05) is 20.8 Å². The van der Waals surface area contributed by atoms with Crippen LogP contribution in [0.1, 0.15) is 27.2 Å². The highest BCUT2D eigenvalue weighted by Crippen LogP contribution is 2.30. The second kappa shape index (κ2) is 5.07. The molecule has 1 rings (SSSR count). The number of halogens is 1. The Kier molecular flexibility index (Phi) is 4.30. The van der Waals surface area contributed by atoms with Crippen molar-refractivity contribution in [3.05, 3.63) is 23.2 Å². The van der Waals surface area contributed by atoms with Crippen LogP contribution in [0.3, 0.4) is 0 Å². The van der Waals surface area contributed by atoms with E-state index in [9.17, 15) is 8.42 Å². The molecule has 0 aliphatic rings. The lowest BCUT2D eigenvalue weighted by atomic mass is 10.0. The van der Waals surface area contributed by atoms with Crippen LogP contribution in [0.5, 0.6) is 0 Å². The van der Waals surface area contributed by atoms with Crippen LogP contribution in [0.25, 0.3) is 0 Å². The molecule has 0 heterocycles. The Morgan fingerprint density at radius 1 is 1.39 bits per heavy atom. The summed E-state index contributed by atoms with van der Waals surface area (Å²) in [5, 5.41) is 0.183. The number of nitrogen functional groups attached to an aromatic ring is 1. The summed E-state index contributed by atoms with van der Waals surface area (Å²) in [6.07, 6.45) is 0.697. The lowest BCUT2D eigenvalue weighted by molar-refractivity contribution is 0.257. The number of nitrogens with two attached hydrogens (primary N) is 1. The molecule has 0 aliphatic carbocycles. The Morgan fingerprint density at radius 2 is 1.94 bits per heavy atom. The molecule has 1 aromatic carbocycles. The molecule has 0 aliphatic heterocycles. The highest BCUT2D eigenvalue weighted by atomic mass is 35.5. The molecule has 0 spiro atoms. The molecule has 0 unspecified atom stereocenters. The summed E-state index contributed by atoms with van der Waals surface area (Å²) in [6.45, 7) is 5.67. The van der Waals surface area contributed by atoms with E-state index in [1.54, 1.807) is 13.1 Å². The van der Waals surface area contributed by atoms with Crippen molar-refractivity contribution >= 4 is 27.3 Å². The van der Waals surface area contributed by atoms with Crippen molar-refractivity contribution < 1.29 is 8.42 Å². The fourth-order valence-electron chi connectivity index (χ4n) is 1.41. The van der Waals surface area contributed by atoms with Gasteiger partial charge in [-0.1, -0.05) is 18.5 Å². The van der Waals surface area contributed by atoms with Gasteiger partial charge in [0.05, 0.1) is 5.02 Å². The van der Waals surface area contributed by atoms with E-state index in [0.29, 0.717) is 12.1 Å². The molecule has 4 nitrogen and oxygen atoms in total. The maximum absolute atomic E-state index is 12.5. The van der Waals surface area contributed by atoms with Crippen molar-refractivity contribution in [3.63, 3.8) is 0 Å². The maximum atomic E-state index is 12.5. The van der Waals surface area contributed by atoms with Crippen LogP contribution in [0.2, 0.25) is 5.02 Å². The van der Waals surface area contributed by atoms with Crippen molar-refractivity contribution in [3.8, 4) is 0 Å². The van der Waals surface area contributed by atoms with E-state index in [2.05, 4.69) is 0 Å². The number of anilines is 1. The number of benzene rings is 1. The Hall–Kier alpha value is -0.780. The van der Waals surface area contributed by atoms with E-state index in [4.69, 9.17) is 17.3 Å². The highest BCUT2D eigenvalue weighted by Gasteiger charge is 2.33. The topological polar surface area (TPSA) is 63.4 Å². The average Bonchev–Trinajstić information content (AvgIpc) is 2.31. The fraction of sp³-hybridized carbons (Fsp3) is 0.500. The van der Waals surface area contributed by atoms with Crippen molar-refractivity contribution in [1.29, 1.82) is 0 Å². The smallest absolute Gasteiger partial charge is 0.244 e. The summed E-state index contributed by atoms with van der Waals surface area (Å²) < 4.78 is 26.3. The Labute approximate surface area is 114 Å². The SMILES string of the molecule is CCC(C)(C)N(C)S(=O)(=O)c1cc(N)ccc1Cl. The standard InChI is InChI=1S/C12H19ClN2O2S/c1-5-12(2,3)15(4)18(16,17)11-8-9(14)6-7-10(11)13/h6-8H,5,14H2,1-4H3.